The largest absolute Gasteiger partial charge is 0.494 e. The van der Waals surface area contributed by atoms with Crippen LogP contribution in [-0.4, -0.2) is 11.2 Å². The molecule has 6 heteroatoms. The molecule has 2 aromatic carbocycles. The fourth-order valence-electron chi connectivity index (χ4n) is 2.61. The first kappa shape index (κ1) is 16.5. The van der Waals surface area contributed by atoms with Crippen LogP contribution in [0.3, 0.4) is 0 Å². The second kappa shape index (κ2) is 7.05. The lowest BCUT2D eigenvalue weighted by Crippen LogP contribution is -2.26. The third-order valence-electron chi connectivity index (χ3n) is 3.74. The Kier molecular flexibility index (Phi) is 4.85. The summed E-state index contributed by atoms with van der Waals surface area (Å²) in [4.78, 5) is 23.9. The van der Waals surface area contributed by atoms with Crippen LogP contribution in [0.1, 0.15) is 12.0 Å². The average molecular weight is 390 g/mol. The number of hydrogen-bond donors (Lipinski definition) is 0. The summed E-state index contributed by atoms with van der Waals surface area (Å²) in [6.07, 6.45) is 0.618. The van der Waals surface area contributed by atoms with Gasteiger partial charge in [-0.25, -0.2) is 9.59 Å². The van der Waals surface area contributed by atoms with Crippen LogP contribution >= 0.6 is 15.9 Å². The summed E-state index contributed by atoms with van der Waals surface area (Å²) in [5.41, 5.74) is 0.898. The molecule has 0 aliphatic rings. The number of para-hydroxylation sites is 1. The van der Waals surface area contributed by atoms with E-state index in [-0.39, 0.29) is 0 Å². The van der Waals surface area contributed by atoms with Crippen molar-refractivity contribution in [3.05, 3.63) is 73.5 Å². The molecule has 0 unspecified atom stereocenters. The zero-order valence-electron chi connectivity index (χ0n) is 13.1. The molecule has 0 fully saturated rings. The van der Waals surface area contributed by atoms with Gasteiger partial charge in [0.15, 0.2) is 0 Å². The highest BCUT2D eigenvalue weighted by Crippen LogP contribution is 2.17. The van der Waals surface area contributed by atoms with Gasteiger partial charge >= 0.3 is 11.4 Å². The second-order valence-corrected chi connectivity index (χ2v) is 6.35. The lowest BCUT2D eigenvalue weighted by molar-refractivity contribution is 0.296. The van der Waals surface area contributed by atoms with Gasteiger partial charge in [-0.2, -0.15) is 0 Å². The van der Waals surface area contributed by atoms with Crippen molar-refractivity contribution in [2.24, 2.45) is 0 Å². The number of ether oxygens (including phenoxy) is 1. The minimum atomic E-state index is -0.634. The summed E-state index contributed by atoms with van der Waals surface area (Å²) in [5, 5.41) is 0.420. The van der Waals surface area contributed by atoms with E-state index in [4.69, 9.17) is 9.15 Å². The van der Waals surface area contributed by atoms with Crippen molar-refractivity contribution in [1.82, 2.24) is 4.57 Å². The van der Waals surface area contributed by atoms with Crippen LogP contribution in [0.5, 0.6) is 5.75 Å². The van der Waals surface area contributed by atoms with Gasteiger partial charge in [-0.05, 0) is 49.2 Å². The van der Waals surface area contributed by atoms with Gasteiger partial charge in [-0.1, -0.05) is 28.1 Å². The van der Waals surface area contributed by atoms with E-state index in [1.807, 2.05) is 37.3 Å². The normalized spacial score (nSPS) is 10.9. The molecule has 1 heterocycles. The SMILES string of the molecule is Cc1cccc2c(=O)oc(=O)n(CCCOc3ccc(Br)cc3)c12. The van der Waals surface area contributed by atoms with Crippen molar-refractivity contribution in [2.75, 3.05) is 6.61 Å². The van der Waals surface area contributed by atoms with Crippen molar-refractivity contribution in [2.45, 2.75) is 19.9 Å². The van der Waals surface area contributed by atoms with Crippen molar-refractivity contribution >= 4 is 26.8 Å². The molecule has 0 aliphatic heterocycles. The fourth-order valence-corrected chi connectivity index (χ4v) is 2.87. The Labute approximate surface area is 146 Å². The van der Waals surface area contributed by atoms with Crippen LogP contribution in [0, 0.1) is 6.92 Å². The van der Waals surface area contributed by atoms with E-state index in [9.17, 15) is 9.59 Å². The van der Waals surface area contributed by atoms with Gasteiger partial charge in [0.1, 0.15) is 5.75 Å². The second-order valence-electron chi connectivity index (χ2n) is 5.43. The van der Waals surface area contributed by atoms with E-state index in [1.54, 1.807) is 12.1 Å². The first-order valence-electron chi connectivity index (χ1n) is 7.58. The Morgan fingerprint density at radius 3 is 2.62 bits per heavy atom. The van der Waals surface area contributed by atoms with Gasteiger partial charge in [-0.3, -0.25) is 4.57 Å². The lowest BCUT2D eigenvalue weighted by atomic mass is 10.1. The Morgan fingerprint density at radius 1 is 1.12 bits per heavy atom. The summed E-state index contributed by atoms with van der Waals surface area (Å²) in [6.45, 7) is 2.75. The molecule has 124 valence electrons. The molecule has 3 aromatic rings. The topological polar surface area (TPSA) is 61.4 Å². The van der Waals surface area contributed by atoms with E-state index in [0.29, 0.717) is 30.5 Å². The van der Waals surface area contributed by atoms with Crippen LogP contribution in [0.2, 0.25) is 0 Å². The number of fused-ring (bicyclic) bond motifs is 1. The average Bonchev–Trinajstić information content (AvgIpc) is 2.56. The van der Waals surface area contributed by atoms with E-state index >= 15 is 0 Å². The zero-order chi connectivity index (χ0) is 17.1. The van der Waals surface area contributed by atoms with Gasteiger partial charge in [0.2, 0.25) is 0 Å². The molecule has 0 radical (unpaired) electrons. The molecule has 24 heavy (non-hydrogen) atoms. The third kappa shape index (κ3) is 3.43. The van der Waals surface area contributed by atoms with Crippen LogP contribution < -0.4 is 16.1 Å². The summed E-state index contributed by atoms with van der Waals surface area (Å²) < 4.78 is 13.0. The number of halogens is 1. The maximum atomic E-state index is 12.1. The molecule has 0 atom stereocenters. The Morgan fingerprint density at radius 2 is 1.88 bits per heavy atom. The summed E-state index contributed by atoms with van der Waals surface area (Å²) in [7, 11) is 0. The standard InChI is InChI=1S/C18H16BrNO4/c1-12-4-2-5-15-16(12)20(18(22)24-17(15)21)10-3-11-23-14-8-6-13(19)7-9-14/h2,4-9H,3,10-11H2,1H3. The molecule has 1 aromatic heterocycles. The van der Waals surface area contributed by atoms with E-state index in [0.717, 1.165) is 15.8 Å². The van der Waals surface area contributed by atoms with Crippen LogP contribution in [-0.2, 0) is 6.54 Å². The number of hydrogen-bond acceptors (Lipinski definition) is 4. The first-order valence-corrected chi connectivity index (χ1v) is 8.37. The number of nitrogens with zero attached hydrogens (tertiary/aromatic N) is 1. The highest BCUT2D eigenvalue weighted by molar-refractivity contribution is 9.10. The first-order chi connectivity index (χ1) is 11.6. The van der Waals surface area contributed by atoms with Gasteiger partial charge in [0.05, 0.1) is 17.5 Å². The summed E-state index contributed by atoms with van der Waals surface area (Å²) in [5.74, 6) is 0.136. The number of aromatic nitrogens is 1. The zero-order valence-corrected chi connectivity index (χ0v) is 14.7. The molecule has 0 bridgehead atoms. The molecule has 0 N–H and O–H groups in total. The Balaban J connectivity index is 1.77. The lowest BCUT2D eigenvalue weighted by Gasteiger charge is -2.11. The van der Waals surface area contributed by atoms with Crippen molar-refractivity contribution < 1.29 is 9.15 Å². The smallest absolute Gasteiger partial charge is 0.422 e. The minimum Gasteiger partial charge on any atom is -0.494 e. The van der Waals surface area contributed by atoms with Crippen molar-refractivity contribution in [3.63, 3.8) is 0 Å². The van der Waals surface area contributed by atoms with Gasteiger partial charge in [-0.15, -0.1) is 0 Å². The van der Waals surface area contributed by atoms with Crippen molar-refractivity contribution in [1.29, 1.82) is 0 Å². The molecule has 5 nitrogen and oxygen atoms in total. The van der Waals surface area contributed by atoms with E-state index in [2.05, 4.69) is 15.9 Å². The highest BCUT2D eigenvalue weighted by Gasteiger charge is 2.11. The number of benzene rings is 2. The van der Waals surface area contributed by atoms with Gasteiger partial charge in [0.25, 0.3) is 0 Å². The molecule has 0 saturated carbocycles. The molecule has 0 aliphatic carbocycles. The molecule has 0 saturated heterocycles. The highest BCUT2D eigenvalue weighted by atomic mass is 79.9. The minimum absolute atomic E-state index is 0.417. The van der Waals surface area contributed by atoms with Crippen LogP contribution in [0.25, 0.3) is 10.9 Å². The predicted octanol–water partition coefficient (Wildman–Crippen LogP) is 3.49. The van der Waals surface area contributed by atoms with E-state index < -0.39 is 11.4 Å². The predicted molar refractivity (Wildman–Crippen MR) is 95.7 cm³/mol. The maximum Gasteiger partial charge on any atom is 0.422 e. The molecule has 0 amide bonds. The Bertz CT molecular complexity index is 973. The van der Waals surface area contributed by atoms with Gasteiger partial charge in [0, 0.05) is 11.0 Å². The summed E-state index contributed by atoms with van der Waals surface area (Å²) in [6, 6.07) is 12.9. The molecule has 0 spiro atoms. The Hall–Kier alpha value is -2.34. The third-order valence-corrected chi connectivity index (χ3v) is 4.27. The monoisotopic (exact) mass is 389 g/mol. The number of aryl methyl sites for hydroxylation is 2. The fraction of sp³-hybridized carbons (Fsp3) is 0.222. The number of rotatable bonds is 5. The molecular formula is C18H16BrNO4. The summed E-state index contributed by atoms with van der Waals surface area (Å²) >= 11 is 3.37. The maximum absolute atomic E-state index is 12.1. The van der Waals surface area contributed by atoms with Crippen molar-refractivity contribution in [3.8, 4) is 5.75 Å². The quantitative estimate of drug-likeness (QED) is 0.626. The molecule has 3 rings (SSSR count). The molecular weight excluding hydrogens is 374 g/mol. The van der Waals surface area contributed by atoms with Gasteiger partial charge < -0.3 is 9.15 Å². The van der Waals surface area contributed by atoms with Crippen LogP contribution in [0.15, 0.2) is 60.9 Å². The van der Waals surface area contributed by atoms with Crippen LogP contribution in [0.4, 0.5) is 0 Å². The van der Waals surface area contributed by atoms with E-state index in [1.165, 1.54) is 4.57 Å².